The van der Waals surface area contributed by atoms with Crippen molar-refractivity contribution in [1.82, 2.24) is 9.62 Å². The topological polar surface area (TPSA) is 159 Å². The second-order valence-electron chi connectivity index (χ2n) is 10.7. The number of hydrogen-bond acceptors (Lipinski definition) is 11. The highest BCUT2D eigenvalue weighted by Crippen LogP contribution is 2.23. The summed E-state index contributed by atoms with van der Waals surface area (Å²) in [6.45, 7) is 4.26. The molecule has 0 spiro atoms. The molecule has 1 heterocycles. The Morgan fingerprint density at radius 1 is 1.07 bits per heavy atom. The van der Waals surface area contributed by atoms with Gasteiger partial charge in [-0.1, -0.05) is 44.2 Å². The van der Waals surface area contributed by atoms with Crippen molar-refractivity contribution in [2.75, 3.05) is 53.2 Å². The molecule has 44 heavy (non-hydrogen) atoms. The molecular weight excluding hydrogens is 594 g/mol. The van der Waals surface area contributed by atoms with Gasteiger partial charge in [-0.2, -0.15) is 4.31 Å². The smallest absolute Gasteiger partial charge is 0.407 e. The highest BCUT2D eigenvalue weighted by atomic mass is 32.2. The average molecular weight is 636 g/mol. The third-order valence-electron chi connectivity index (χ3n) is 6.68. The fourth-order valence-corrected chi connectivity index (χ4v) is 6.16. The first kappa shape index (κ1) is 35.1. The van der Waals surface area contributed by atoms with Gasteiger partial charge in [0, 0.05) is 20.1 Å². The van der Waals surface area contributed by atoms with Crippen LogP contribution in [-0.4, -0.2) is 96.3 Å². The van der Waals surface area contributed by atoms with Crippen LogP contribution < -0.4 is 5.32 Å². The molecule has 3 atom stereocenters. The molecule has 1 aliphatic heterocycles. The van der Waals surface area contributed by atoms with Gasteiger partial charge in [0.15, 0.2) is 0 Å². The van der Waals surface area contributed by atoms with Crippen LogP contribution in [0.1, 0.15) is 25.8 Å². The predicted molar refractivity (Wildman–Crippen MR) is 161 cm³/mol. The maximum absolute atomic E-state index is 13.9. The number of esters is 1. The van der Waals surface area contributed by atoms with Crippen molar-refractivity contribution in [1.29, 1.82) is 0 Å². The molecule has 1 fully saturated rings. The van der Waals surface area contributed by atoms with Gasteiger partial charge in [0.05, 0.1) is 43.9 Å². The van der Waals surface area contributed by atoms with E-state index >= 15 is 0 Å². The van der Waals surface area contributed by atoms with Crippen LogP contribution in [0.5, 0.6) is 0 Å². The van der Waals surface area contributed by atoms with Gasteiger partial charge in [-0.15, -0.1) is 4.91 Å². The van der Waals surface area contributed by atoms with Gasteiger partial charge in [-0.05, 0) is 47.3 Å². The Kier molecular flexibility index (Phi) is 14.1. The largest absolute Gasteiger partial charge is 0.457 e. The number of benzene rings is 2. The molecule has 0 unspecified atom stereocenters. The summed E-state index contributed by atoms with van der Waals surface area (Å²) in [5, 5.41) is 5.65. The standard InChI is InChI=1S/C30H41N3O10S/c1-22(2)18-33(44(37,38)26-11-9-24(32-36)10-12-26)19-28(43-29(34)21-41-16-15-39-3)27(17-23-7-5-4-6-8-23)31-30(35)42-25-13-14-40-20-25/h4-12,22,25,27-28H,13-21H2,1-3H3,(H,31,35)/t25-,27-,28+/m0/s1. The van der Waals surface area contributed by atoms with Crippen LogP contribution in [0.25, 0.3) is 0 Å². The summed E-state index contributed by atoms with van der Waals surface area (Å²) in [5.41, 5.74) is 0.896. The zero-order chi connectivity index (χ0) is 32.0. The second-order valence-corrected chi connectivity index (χ2v) is 12.6. The van der Waals surface area contributed by atoms with Gasteiger partial charge in [-0.3, -0.25) is 0 Å². The number of ether oxygens (including phenoxy) is 5. The number of amides is 1. The normalized spacial score (nSPS) is 16.4. The number of alkyl carbamates (subject to hydrolysis) is 1. The van der Waals surface area contributed by atoms with E-state index in [1.807, 2.05) is 44.2 Å². The fourth-order valence-electron chi connectivity index (χ4n) is 4.54. The summed E-state index contributed by atoms with van der Waals surface area (Å²) in [4.78, 5) is 36.9. The minimum Gasteiger partial charge on any atom is -0.457 e. The third kappa shape index (κ3) is 11.2. The highest BCUT2D eigenvalue weighted by molar-refractivity contribution is 7.89. The average Bonchev–Trinajstić information content (AvgIpc) is 3.51. The first-order chi connectivity index (χ1) is 21.1. The van der Waals surface area contributed by atoms with E-state index in [-0.39, 0.29) is 55.8 Å². The van der Waals surface area contributed by atoms with Gasteiger partial charge in [0.25, 0.3) is 0 Å². The second kappa shape index (κ2) is 17.8. The van der Waals surface area contributed by atoms with Crippen LogP contribution in [-0.2, 0) is 44.9 Å². The number of nitroso groups, excluding NO2 is 1. The Bertz CT molecular complexity index is 1290. The Morgan fingerprint density at radius 3 is 2.41 bits per heavy atom. The summed E-state index contributed by atoms with van der Waals surface area (Å²) in [6.07, 6.45) is -1.56. The molecule has 1 saturated heterocycles. The lowest BCUT2D eigenvalue weighted by Gasteiger charge is -2.33. The number of methoxy groups -OCH3 is 1. The molecule has 14 heteroatoms. The summed E-state index contributed by atoms with van der Waals surface area (Å²) in [6, 6.07) is 13.5. The van der Waals surface area contributed by atoms with Crippen LogP contribution in [0.3, 0.4) is 0 Å². The lowest BCUT2D eigenvalue weighted by molar-refractivity contribution is -0.156. The van der Waals surface area contributed by atoms with E-state index in [9.17, 15) is 22.9 Å². The molecule has 1 amide bonds. The molecule has 0 aromatic heterocycles. The quantitative estimate of drug-likeness (QED) is 0.146. The zero-order valence-corrected chi connectivity index (χ0v) is 26.1. The van der Waals surface area contributed by atoms with Crippen LogP contribution in [0.4, 0.5) is 10.5 Å². The van der Waals surface area contributed by atoms with Crippen LogP contribution in [0, 0.1) is 10.8 Å². The molecule has 1 aliphatic rings. The lowest BCUT2D eigenvalue weighted by atomic mass is 10.0. The van der Waals surface area contributed by atoms with Crippen LogP contribution in [0.2, 0.25) is 0 Å². The van der Waals surface area contributed by atoms with Crippen LogP contribution in [0.15, 0.2) is 64.7 Å². The number of carbonyl (C=O) groups excluding carboxylic acids is 2. The van der Waals surface area contributed by atoms with E-state index in [4.69, 9.17) is 23.7 Å². The van der Waals surface area contributed by atoms with E-state index in [1.165, 1.54) is 35.7 Å². The summed E-state index contributed by atoms with van der Waals surface area (Å²) in [5.74, 6) is -0.853. The number of nitrogens with zero attached hydrogens (tertiary/aromatic N) is 2. The minimum absolute atomic E-state index is 0.0632. The maximum Gasteiger partial charge on any atom is 0.407 e. The fraction of sp³-hybridized carbons (Fsp3) is 0.533. The summed E-state index contributed by atoms with van der Waals surface area (Å²) >= 11 is 0. The van der Waals surface area contributed by atoms with Crippen molar-refractivity contribution in [2.24, 2.45) is 11.1 Å². The number of carbonyl (C=O) groups is 2. The molecule has 13 nitrogen and oxygen atoms in total. The lowest BCUT2D eigenvalue weighted by Crippen LogP contribution is -2.53. The van der Waals surface area contributed by atoms with Gasteiger partial charge in [-0.25, -0.2) is 18.0 Å². The molecule has 0 bridgehead atoms. The Hall–Kier alpha value is -3.43. The minimum atomic E-state index is -4.14. The van der Waals surface area contributed by atoms with E-state index in [0.717, 1.165) is 5.56 Å². The van der Waals surface area contributed by atoms with E-state index in [0.29, 0.717) is 13.0 Å². The number of rotatable bonds is 18. The Morgan fingerprint density at radius 2 is 1.80 bits per heavy atom. The molecule has 3 rings (SSSR count). The zero-order valence-electron chi connectivity index (χ0n) is 25.3. The van der Waals surface area contributed by atoms with Crippen molar-refractivity contribution < 1.29 is 41.7 Å². The number of nitrogens with one attached hydrogen (secondary N) is 1. The van der Waals surface area contributed by atoms with Crippen molar-refractivity contribution in [2.45, 2.75) is 49.8 Å². The first-order valence-electron chi connectivity index (χ1n) is 14.4. The molecule has 2 aromatic carbocycles. The molecule has 0 aliphatic carbocycles. The SMILES string of the molecule is COCCOCC(=O)O[C@H](CN(CC(C)C)S(=O)(=O)c1ccc(N=O)cc1)[C@H](Cc1ccccc1)NC(=O)O[C@H]1CCOC1. The third-order valence-corrected chi connectivity index (χ3v) is 8.52. The predicted octanol–water partition coefficient (Wildman–Crippen LogP) is 3.43. The van der Waals surface area contributed by atoms with Gasteiger partial charge in [0.2, 0.25) is 10.0 Å². The van der Waals surface area contributed by atoms with Gasteiger partial charge in [0.1, 0.15) is 24.5 Å². The van der Waals surface area contributed by atoms with E-state index < -0.39 is 46.9 Å². The molecule has 2 aromatic rings. The van der Waals surface area contributed by atoms with E-state index in [2.05, 4.69) is 10.5 Å². The molecular formula is C30H41N3O10S. The van der Waals surface area contributed by atoms with Crippen molar-refractivity contribution in [3.8, 4) is 0 Å². The van der Waals surface area contributed by atoms with E-state index in [1.54, 1.807) is 0 Å². The summed E-state index contributed by atoms with van der Waals surface area (Å²) in [7, 11) is -2.64. The maximum atomic E-state index is 13.9. The Labute approximate surface area is 258 Å². The van der Waals surface area contributed by atoms with Gasteiger partial charge >= 0.3 is 12.1 Å². The summed E-state index contributed by atoms with van der Waals surface area (Å²) < 4.78 is 55.9. The first-order valence-corrected chi connectivity index (χ1v) is 15.8. The Balaban J connectivity index is 1.95. The number of sulfonamides is 1. The molecule has 0 saturated carbocycles. The van der Waals surface area contributed by atoms with Crippen LogP contribution >= 0.6 is 0 Å². The molecule has 242 valence electrons. The molecule has 0 radical (unpaired) electrons. The highest BCUT2D eigenvalue weighted by Gasteiger charge is 2.35. The van der Waals surface area contributed by atoms with Crippen molar-refractivity contribution in [3.05, 3.63) is 65.1 Å². The molecule has 1 N–H and O–H groups in total. The monoisotopic (exact) mass is 635 g/mol. The number of hydrogen-bond donors (Lipinski definition) is 1. The van der Waals surface area contributed by atoms with Crippen molar-refractivity contribution in [3.63, 3.8) is 0 Å². The van der Waals surface area contributed by atoms with Gasteiger partial charge < -0.3 is 29.0 Å². The van der Waals surface area contributed by atoms with Crippen molar-refractivity contribution >= 4 is 27.8 Å².